The number of fused-ring (bicyclic) bond motifs is 1. The fourth-order valence-corrected chi connectivity index (χ4v) is 1.04. The first kappa shape index (κ1) is 4.73. The van der Waals surface area contributed by atoms with Crippen molar-refractivity contribution >= 4 is 11.9 Å². The Labute approximate surface area is 53.4 Å². The molecule has 0 fully saturated rings. The third-order valence-electron chi connectivity index (χ3n) is 1.47. The van der Waals surface area contributed by atoms with Gasteiger partial charge in [-0.1, -0.05) is 0 Å². The third-order valence-corrected chi connectivity index (χ3v) is 1.47. The van der Waals surface area contributed by atoms with Gasteiger partial charge in [-0.25, -0.2) is 0 Å². The maximum absolute atomic E-state index is 3.92. The highest BCUT2D eigenvalue weighted by Crippen LogP contribution is 2.12. The van der Waals surface area contributed by atoms with E-state index >= 15 is 0 Å². The molecular formula is C6H7N3. The molecule has 0 aromatic rings. The zero-order valence-corrected chi connectivity index (χ0v) is 5.20. The van der Waals surface area contributed by atoms with Crippen LogP contribution in [-0.2, 0) is 0 Å². The number of hydrogen-bond donors (Lipinski definition) is 0. The second-order valence-corrected chi connectivity index (χ2v) is 2.29. The molecule has 0 aromatic carbocycles. The molecule has 2 rings (SSSR count). The van der Waals surface area contributed by atoms with Gasteiger partial charge in [-0.2, -0.15) is 10.2 Å². The van der Waals surface area contributed by atoms with Crippen molar-refractivity contribution in [1.82, 2.24) is 4.90 Å². The lowest BCUT2D eigenvalue weighted by Crippen LogP contribution is -2.11. The molecule has 0 atom stereocenters. The van der Waals surface area contributed by atoms with E-state index in [0.29, 0.717) is 0 Å². The molecule has 2 aliphatic rings. The highest BCUT2D eigenvalue weighted by Gasteiger charge is 2.17. The Morgan fingerprint density at radius 2 is 2.56 bits per heavy atom. The smallest absolute Gasteiger partial charge is 0.0926 e. The number of rotatable bonds is 0. The van der Waals surface area contributed by atoms with Crippen LogP contribution in [0.5, 0.6) is 0 Å². The molecule has 0 saturated carbocycles. The first-order chi connectivity index (χ1) is 4.36. The van der Waals surface area contributed by atoms with E-state index in [2.05, 4.69) is 21.3 Å². The minimum Gasteiger partial charge on any atom is -0.374 e. The summed E-state index contributed by atoms with van der Waals surface area (Å²) in [6.45, 7) is 0.912. The summed E-state index contributed by atoms with van der Waals surface area (Å²) >= 11 is 0. The monoisotopic (exact) mass is 121 g/mol. The molecule has 0 unspecified atom stereocenters. The molecule has 2 heterocycles. The van der Waals surface area contributed by atoms with Gasteiger partial charge in [0.1, 0.15) is 0 Å². The first-order valence-electron chi connectivity index (χ1n) is 2.88. The van der Waals surface area contributed by atoms with Crippen molar-refractivity contribution in [3.63, 3.8) is 0 Å². The molecule has 0 spiro atoms. The zero-order chi connectivity index (χ0) is 6.27. The van der Waals surface area contributed by atoms with Crippen LogP contribution < -0.4 is 0 Å². The maximum Gasteiger partial charge on any atom is 0.0926 e. The van der Waals surface area contributed by atoms with Crippen LogP contribution in [0.25, 0.3) is 0 Å². The summed E-state index contributed by atoms with van der Waals surface area (Å²) in [6.07, 6.45) is 3.84. The van der Waals surface area contributed by atoms with E-state index in [0.717, 1.165) is 17.8 Å². The van der Waals surface area contributed by atoms with Crippen molar-refractivity contribution in [1.29, 1.82) is 0 Å². The Morgan fingerprint density at radius 1 is 1.67 bits per heavy atom. The standard InChI is InChI=1S/C6H7N3/c1-9-3-5-2-7-8-6(5)4-9/h2-3H,4H2,1H3. The van der Waals surface area contributed by atoms with E-state index < -0.39 is 0 Å². The second-order valence-electron chi connectivity index (χ2n) is 2.29. The Balaban J connectivity index is 2.40. The van der Waals surface area contributed by atoms with Crippen LogP contribution in [0.2, 0.25) is 0 Å². The molecule has 3 heteroatoms. The van der Waals surface area contributed by atoms with Gasteiger partial charge in [0.2, 0.25) is 0 Å². The molecule has 3 nitrogen and oxygen atoms in total. The Kier molecular flexibility index (Phi) is 0.754. The summed E-state index contributed by atoms with van der Waals surface area (Å²) in [6, 6.07) is 0. The van der Waals surface area contributed by atoms with Crippen molar-refractivity contribution in [2.24, 2.45) is 10.2 Å². The van der Waals surface area contributed by atoms with Gasteiger partial charge in [0.15, 0.2) is 0 Å². The molecule has 0 aliphatic carbocycles. The van der Waals surface area contributed by atoms with Gasteiger partial charge < -0.3 is 4.90 Å². The predicted molar refractivity (Wildman–Crippen MR) is 36.6 cm³/mol. The summed E-state index contributed by atoms with van der Waals surface area (Å²) in [5.74, 6) is 0. The van der Waals surface area contributed by atoms with Crippen LogP contribution in [0.15, 0.2) is 22.0 Å². The molecule has 0 amide bonds. The maximum atomic E-state index is 3.92. The highest BCUT2D eigenvalue weighted by molar-refractivity contribution is 6.20. The van der Waals surface area contributed by atoms with Crippen molar-refractivity contribution in [2.45, 2.75) is 0 Å². The average molecular weight is 121 g/mol. The molecule has 2 aliphatic heterocycles. The minimum absolute atomic E-state index is 0.912. The van der Waals surface area contributed by atoms with E-state index in [4.69, 9.17) is 0 Å². The van der Waals surface area contributed by atoms with Crippen molar-refractivity contribution in [2.75, 3.05) is 13.6 Å². The van der Waals surface area contributed by atoms with E-state index in [1.165, 1.54) is 0 Å². The zero-order valence-electron chi connectivity index (χ0n) is 5.20. The largest absolute Gasteiger partial charge is 0.374 e. The summed E-state index contributed by atoms with van der Waals surface area (Å²) in [5, 5.41) is 7.69. The van der Waals surface area contributed by atoms with Crippen molar-refractivity contribution in [3.8, 4) is 0 Å². The van der Waals surface area contributed by atoms with Crippen LogP contribution in [0.4, 0.5) is 0 Å². The SMILES string of the molecule is CN1C=C2C=NN=C2C1. The fraction of sp³-hybridized carbons (Fsp3) is 0.333. The molecule has 0 saturated heterocycles. The average Bonchev–Trinajstić information content (AvgIpc) is 2.22. The lowest BCUT2D eigenvalue weighted by molar-refractivity contribution is 0.539. The predicted octanol–water partition coefficient (Wildman–Crippen LogP) is 0.256. The highest BCUT2D eigenvalue weighted by atomic mass is 15.3. The molecule has 9 heavy (non-hydrogen) atoms. The van der Waals surface area contributed by atoms with Crippen LogP contribution >= 0.6 is 0 Å². The normalized spacial score (nSPS) is 22.1. The second kappa shape index (κ2) is 1.43. The van der Waals surface area contributed by atoms with Gasteiger partial charge in [0.25, 0.3) is 0 Å². The Morgan fingerprint density at radius 3 is 3.33 bits per heavy atom. The van der Waals surface area contributed by atoms with Gasteiger partial charge in [0.05, 0.1) is 18.5 Å². The van der Waals surface area contributed by atoms with Gasteiger partial charge in [-0.3, -0.25) is 0 Å². The van der Waals surface area contributed by atoms with Gasteiger partial charge in [-0.15, -0.1) is 0 Å². The molecule has 0 radical (unpaired) electrons. The van der Waals surface area contributed by atoms with E-state index in [-0.39, 0.29) is 0 Å². The van der Waals surface area contributed by atoms with Crippen LogP contribution in [0, 0.1) is 0 Å². The lowest BCUT2D eigenvalue weighted by atomic mass is 10.2. The summed E-state index contributed by atoms with van der Waals surface area (Å²) in [4.78, 5) is 2.10. The van der Waals surface area contributed by atoms with Crippen LogP contribution in [-0.4, -0.2) is 30.4 Å². The molecule has 0 bridgehead atoms. The van der Waals surface area contributed by atoms with Crippen LogP contribution in [0.1, 0.15) is 0 Å². The molecule has 46 valence electrons. The van der Waals surface area contributed by atoms with E-state index in [9.17, 15) is 0 Å². The minimum atomic E-state index is 0.912. The number of hydrogen-bond acceptors (Lipinski definition) is 3. The lowest BCUT2D eigenvalue weighted by Gasteiger charge is -2.02. The van der Waals surface area contributed by atoms with E-state index in [1.807, 2.05) is 7.05 Å². The van der Waals surface area contributed by atoms with Gasteiger partial charge in [-0.05, 0) is 0 Å². The molecule has 0 aromatic heterocycles. The summed E-state index contributed by atoms with van der Waals surface area (Å²) in [7, 11) is 2.03. The molecular weight excluding hydrogens is 114 g/mol. The van der Waals surface area contributed by atoms with E-state index in [1.54, 1.807) is 6.21 Å². The van der Waals surface area contributed by atoms with Crippen molar-refractivity contribution < 1.29 is 0 Å². The summed E-state index contributed by atoms with van der Waals surface area (Å²) < 4.78 is 0. The molecule has 0 N–H and O–H groups in total. The first-order valence-corrected chi connectivity index (χ1v) is 2.88. The van der Waals surface area contributed by atoms with Gasteiger partial charge in [0, 0.05) is 18.8 Å². The Hall–Kier alpha value is -1.12. The fourth-order valence-electron chi connectivity index (χ4n) is 1.04. The topological polar surface area (TPSA) is 28.0 Å². The van der Waals surface area contributed by atoms with Crippen molar-refractivity contribution in [3.05, 3.63) is 11.8 Å². The third kappa shape index (κ3) is 0.575. The Bertz CT molecular complexity index is 224. The van der Waals surface area contributed by atoms with Gasteiger partial charge >= 0.3 is 0 Å². The summed E-state index contributed by atoms with van der Waals surface area (Å²) in [5.41, 5.74) is 2.26. The number of nitrogens with zero attached hydrogens (tertiary/aromatic N) is 3. The van der Waals surface area contributed by atoms with Crippen LogP contribution in [0.3, 0.4) is 0 Å². The quantitative estimate of drug-likeness (QED) is 0.451.